The van der Waals surface area contributed by atoms with Crippen molar-refractivity contribution in [2.75, 3.05) is 13.1 Å². The fourth-order valence-corrected chi connectivity index (χ4v) is 3.32. The molecule has 0 spiro atoms. The van der Waals surface area contributed by atoms with Gasteiger partial charge in [0.15, 0.2) is 5.62 Å². The Labute approximate surface area is 106 Å². The average molecular weight is 256 g/mol. The summed E-state index contributed by atoms with van der Waals surface area (Å²) in [4.78, 5) is 14.0. The minimum Gasteiger partial charge on any atom is -0.363 e. The molecule has 17 heavy (non-hydrogen) atoms. The molecule has 0 aromatic heterocycles. The van der Waals surface area contributed by atoms with E-state index in [1.165, 1.54) is 18.4 Å². The van der Waals surface area contributed by atoms with Gasteiger partial charge < -0.3 is 5.32 Å². The third-order valence-electron chi connectivity index (χ3n) is 4.03. The summed E-state index contributed by atoms with van der Waals surface area (Å²) in [5.41, 5.74) is 1.17. The second kappa shape index (κ2) is 4.59. The number of hydrogen-bond donors (Lipinski definition) is 2. The Morgan fingerprint density at radius 2 is 2.06 bits per heavy atom. The molecule has 3 aliphatic heterocycles. The lowest BCUT2D eigenvalue weighted by atomic mass is 10.0. The number of Topliss-reactive ketones (excluding diaryl/α,β-unsaturated/α-hetero) is 1. The normalized spacial score (nSPS) is 37.8. The Morgan fingerprint density at radius 1 is 1.35 bits per heavy atom. The number of rotatable bonds is 2. The van der Waals surface area contributed by atoms with Gasteiger partial charge in [0.05, 0.1) is 0 Å². The molecule has 3 aliphatic rings. The number of piperidine rings is 1. The van der Waals surface area contributed by atoms with Crippen LogP contribution in [0.4, 0.5) is 0 Å². The fourth-order valence-electron chi connectivity index (χ4n) is 3.18. The van der Waals surface area contributed by atoms with Crippen LogP contribution in [0.5, 0.6) is 0 Å². The fraction of sp³-hybridized carbons (Fsp3) is 0.750. The zero-order chi connectivity index (χ0) is 11.8. The van der Waals surface area contributed by atoms with Crippen molar-refractivity contribution in [3.63, 3.8) is 0 Å². The van der Waals surface area contributed by atoms with Crippen molar-refractivity contribution in [2.24, 2.45) is 0 Å². The van der Waals surface area contributed by atoms with E-state index in [1.54, 1.807) is 0 Å². The second-order valence-electron chi connectivity index (χ2n) is 5.22. The molecular formula is C12H18ClN3O. The van der Waals surface area contributed by atoms with E-state index in [0.717, 1.165) is 25.9 Å². The van der Waals surface area contributed by atoms with E-state index < -0.39 is 0 Å². The van der Waals surface area contributed by atoms with Crippen molar-refractivity contribution < 1.29 is 4.79 Å². The van der Waals surface area contributed by atoms with Crippen LogP contribution in [0, 0.1) is 0 Å². The first-order valence-corrected chi connectivity index (χ1v) is 6.75. The van der Waals surface area contributed by atoms with Crippen molar-refractivity contribution in [1.29, 1.82) is 0 Å². The van der Waals surface area contributed by atoms with Gasteiger partial charge in [-0.3, -0.25) is 15.0 Å². The number of carbonyl (C=O) groups excluding carboxylic acids is 1. The SMILES string of the molecule is O=C1CC2CCC(C1)N2CC1=CNC(Cl)NC1. The molecule has 2 bridgehead atoms. The van der Waals surface area contributed by atoms with Crippen LogP contribution in [0.15, 0.2) is 11.8 Å². The van der Waals surface area contributed by atoms with Crippen molar-refractivity contribution in [1.82, 2.24) is 15.5 Å². The van der Waals surface area contributed by atoms with E-state index in [2.05, 4.69) is 15.5 Å². The molecule has 3 rings (SSSR count). The third kappa shape index (κ3) is 2.34. The molecule has 0 saturated carbocycles. The first-order valence-electron chi connectivity index (χ1n) is 6.31. The lowest BCUT2D eigenvalue weighted by Gasteiger charge is -2.35. The molecule has 5 heteroatoms. The maximum Gasteiger partial charge on any atom is 0.155 e. The van der Waals surface area contributed by atoms with E-state index in [4.69, 9.17) is 11.6 Å². The van der Waals surface area contributed by atoms with Gasteiger partial charge in [0, 0.05) is 44.2 Å². The number of ketones is 1. The summed E-state index contributed by atoms with van der Waals surface area (Å²) in [5, 5.41) is 6.25. The lowest BCUT2D eigenvalue weighted by molar-refractivity contribution is -0.123. The first-order chi connectivity index (χ1) is 8.22. The number of nitrogens with one attached hydrogen (secondary N) is 2. The highest BCUT2D eigenvalue weighted by atomic mass is 35.5. The molecule has 0 aromatic carbocycles. The van der Waals surface area contributed by atoms with Crippen molar-refractivity contribution >= 4 is 17.4 Å². The van der Waals surface area contributed by atoms with E-state index in [9.17, 15) is 4.79 Å². The van der Waals surface area contributed by atoms with E-state index in [-0.39, 0.29) is 5.62 Å². The molecule has 0 amide bonds. The van der Waals surface area contributed by atoms with Gasteiger partial charge in [0.2, 0.25) is 0 Å². The van der Waals surface area contributed by atoms with Crippen molar-refractivity contribution in [3.8, 4) is 0 Å². The van der Waals surface area contributed by atoms with Gasteiger partial charge in [-0.15, -0.1) is 0 Å². The van der Waals surface area contributed by atoms with Crippen LogP contribution < -0.4 is 10.6 Å². The van der Waals surface area contributed by atoms with Gasteiger partial charge in [-0.2, -0.15) is 0 Å². The van der Waals surface area contributed by atoms with Crippen LogP contribution in [0.1, 0.15) is 25.7 Å². The summed E-state index contributed by atoms with van der Waals surface area (Å²) in [6.45, 7) is 1.80. The molecule has 94 valence electrons. The molecule has 2 fully saturated rings. The predicted octanol–water partition coefficient (Wildman–Crippen LogP) is 0.781. The molecule has 2 N–H and O–H groups in total. The van der Waals surface area contributed by atoms with Crippen LogP contribution in [-0.4, -0.2) is 41.5 Å². The zero-order valence-corrected chi connectivity index (χ0v) is 10.5. The minimum atomic E-state index is -0.154. The quantitative estimate of drug-likeness (QED) is 0.566. The number of nitrogens with zero attached hydrogens (tertiary/aromatic N) is 1. The van der Waals surface area contributed by atoms with Crippen LogP contribution in [-0.2, 0) is 4.79 Å². The van der Waals surface area contributed by atoms with E-state index >= 15 is 0 Å². The van der Waals surface area contributed by atoms with Gasteiger partial charge in [-0.1, -0.05) is 11.6 Å². The van der Waals surface area contributed by atoms with Gasteiger partial charge in [0.1, 0.15) is 5.78 Å². The molecule has 0 radical (unpaired) electrons. The molecular weight excluding hydrogens is 238 g/mol. The van der Waals surface area contributed by atoms with Crippen LogP contribution in [0.3, 0.4) is 0 Å². The molecule has 3 unspecified atom stereocenters. The Balaban J connectivity index is 1.64. The smallest absolute Gasteiger partial charge is 0.155 e. The molecule has 3 heterocycles. The summed E-state index contributed by atoms with van der Waals surface area (Å²) in [6, 6.07) is 0.965. The van der Waals surface area contributed by atoms with Crippen molar-refractivity contribution in [2.45, 2.75) is 43.4 Å². The maximum absolute atomic E-state index is 11.5. The average Bonchev–Trinajstić information content (AvgIpc) is 2.56. The Morgan fingerprint density at radius 3 is 2.65 bits per heavy atom. The first kappa shape index (κ1) is 11.5. The summed E-state index contributed by atoms with van der Waals surface area (Å²) < 4.78 is 0. The molecule has 0 aliphatic carbocycles. The molecule has 2 saturated heterocycles. The summed E-state index contributed by atoms with van der Waals surface area (Å²) >= 11 is 5.89. The number of carbonyl (C=O) groups is 1. The topological polar surface area (TPSA) is 44.4 Å². The van der Waals surface area contributed by atoms with E-state index in [0.29, 0.717) is 17.9 Å². The van der Waals surface area contributed by atoms with Gasteiger partial charge in [-0.05, 0) is 18.4 Å². The van der Waals surface area contributed by atoms with Gasteiger partial charge in [-0.25, -0.2) is 0 Å². The van der Waals surface area contributed by atoms with Gasteiger partial charge in [0.25, 0.3) is 0 Å². The monoisotopic (exact) mass is 255 g/mol. The largest absolute Gasteiger partial charge is 0.363 e. The Bertz CT molecular complexity index is 342. The zero-order valence-electron chi connectivity index (χ0n) is 9.79. The highest BCUT2D eigenvalue weighted by Crippen LogP contribution is 2.34. The number of hydrogen-bond acceptors (Lipinski definition) is 4. The maximum atomic E-state index is 11.5. The summed E-state index contributed by atoms with van der Waals surface area (Å²) in [5.74, 6) is 0.448. The standard InChI is InChI=1S/C12H18ClN3O/c13-12-14-5-8(6-15-12)7-16-9-1-2-10(16)4-11(17)3-9/h5,9-10,12,14-15H,1-4,6-7H2. The molecule has 3 atom stereocenters. The molecule has 4 nitrogen and oxygen atoms in total. The van der Waals surface area contributed by atoms with Crippen LogP contribution >= 0.6 is 11.6 Å². The van der Waals surface area contributed by atoms with E-state index in [1.807, 2.05) is 6.20 Å². The van der Waals surface area contributed by atoms with Crippen LogP contribution in [0.25, 0.3) is 0 Å². The van der Waals surface area contributed by atoms with Gasteiger partial charge >= 0.3 is 0 Å². The van der Waals surface area contributed by atoms with Crippen LogP contribution in [0.2, 0.25) is 0 Å². The second-order valence-corrected chi connectivity index (χ2v) is 5.65. The minimum absolute atomic E-state index is 0.154. The Kier molecular flexibility index (Phi) is 3.11. The molecule has 0 aromatic rings. The van der Waals surface area contributed by atoms with Crippen molar-refractivity contribution in [3.05, 3.63) is 11.8 Å². The summed E-state index contributed by atoms with van der Waals surface area (Å²) in [7, 11) is 0. The number of fused-ring (bicyclic) bond motifs is 2. The number of halogens is 1. The highest BCUT2D eigenvalue weighted by Gasteiger charge is 2.40. The number of alkyl halides is 1. The Hall–Kier alpha value is -0.580. The summed E-state index contributed by atoms with van der Waals surface area (Å²) in [6.07, 6.45) is 5.89. The lowest BCUT2D eigenvalue weighted by Crippen LogP contribution is -2.47. The third-order valence-corrected chi connectivity index (χ3v) is 4.31. The highest BCUT2D eigenvalue weighted by molar-refractivity contribution is 6.20. The predicted molar refractivity (Wildman–Crippen MR) is 66.6 cm³/mol.